The summed E-state index contributed by atoms with van der Waals surface area (Å²) in [6.07, 6.45) is 7.83. The zero-order chi connectivity index (χ0) is 15.1. The van der Waals surface area contributed by atoms with Crippen LogP contribution in [0.5, 0.6) is 0 Å². The summed E-state index contributed by atoms with van der Waals surface area (Å²) >= 11 is 0. The largest absolute Gasteiger partial charge is 0.366 e. The van der Waals surface area contributed by atoms with Crippen molar-refractivity contribution in [1.29, 1.82) is 0 Å². The highest BCUT2D eigenvalue weighted by atomic mass is 16.5. The molecule has 0 aliphatic heterocycles. The van der Waals surface area contributed by atoms with E-state index in [1.807, 2.05) is 0 Å². The Labute approximate surface area is 130 Å². The highest BCUT2D eigenvalue weighted by Gasteiger charge is 2.33. The van der Waals surface area contributed by atoms with Crippen LogP contribution in [0.25, 0.3) is 0 Å². The van der Waals surface area contributed by atoms with Gasteiger partial charge in [-0.25, -0.2) is 0 Å². The fourth-order valence-corrected chi connectivity index (χ4v) is 3.27. The van der Waals surface area contributed by atoms with Crippen LogP contribution in [0.3, 0.4) is 0 Å². The lowest BCUT2D eigenvalue weighted by molar-refractivity contribution is -0.0973. The first-order chi connectivity index (χ1) is 10.1. The van der Waals surface area contributed by atoms with Gasteiger partial charge in [-0.15, -0.1) is 0 Å². The van der Waals surface area contributed by atoms with Crippen molar-refractivity contribution in [2.75, 3.05) is 6.54 Å². The number of nitrogens with one attached hydrogen (secondary N) is 1. The van der Waals surface area contributed by atoms with Gasteiger partial charge in [-0.2, -0.15) is 0 Å². The first-order valence-electron chi connectivity index (χ1n) is 8.57. The molecule has 1 aliphatic rings. The van der Waals surface area contributed by atoms with Gasteiger partial charge in [0.05, 0.1) is 11.7 Å². The lowest BCUT2D eigenvalue weighted by Gasteiger charge is -2.37. The topological polar surface area (TPSA) is 21.3 Å². The Morgan fingerprint density at radius 1 is 1.00 bits per heavy atom. The van der Waals surface area contributed by atoms with Gasteiger partial charge in [0.2, 0.25) is 0 Å². The fraction of sp³-hybridized carbons (Fsp3) is 0.684. The van der Waals surface area contributed by atoms with Crippen molar-refractivity contribution in [3.05, 3.63) is 35.9 Å². The molecule has 0 aromatic heterocycles. The standard InChI is InChI=1S/C19H31NO/c1-16(2)20-15-19(13-9-4-5-10-14-19)21-17(3)18-11-7-6-8-12-18/h6-8,11-12,16-17,20H,4-5,9-10,13-15H2,1-3H3. The third-order valence-electron chi connectivity index (χ3n) is 4.54. The van der Waals surface area contributed by atoms with E-state index in [0.29, 0.717) is 6.04 Å². The molecule has 1 atom stereocenters. The average Bonchev–Trinajstić information content (AvgIpc) is 2.72. The van der Waals surface area contributed by atoms with Gasteiger partial charge in [0.25, 0.3) is 0 Å². The average molecular weight is 289 g/mol. The summed E-state index contributed by atoms with van der Waals surface area (Å²) in [4.78, 5) is 0. The van der Waals surface area contributed by atoms with Gasteiger partial charge < -0.3 is 10.1 Å². The van der Waals surface area contributed by atoms with Gasteiger partial charge in [-0.1, -0.05) is 69.9 Å². The number of ether oxygens (including phenoxy) is 1. The third-order valence-corrected chi connectivity index (χ3v) is 4.54. The SMILES string of the molecule is CC(C)NCC1(OC(C)c2ccccc2)CCCCCC1. The number of benzene rings is 1. The molecule has 1 N–H and O–H groups in total. The molecule has 1 unspecified atom stereocenters. The van der Waals surface area contributed by atoms with Crippen molar-refractivity contribution in [3.8, 4) is 0 Å². The van der Waals surface area contributed by atoms with Crippen molar-refractivity contribution in [2.24, 2.45) is 0 Å². The first-order valence-corrected chi connectivity index (χ1v) is 8.57. The summed E-state index contributed by atoms with van der Waals surface area (Å²) in [6.45, 7) is 7.59. The molecule has 0 bridgehead atoms. The Bertz CT molecular complexity index is 393. The smallest absolute Gasteiger partial charge is 0.0814 e. The Morgan fingerprint density at radius 2 is 1.62 bits per heavy atom. The second-order valence-corrected chi connectivity index (χ2v) is 6.80. The second-order valence-electron chi connectivity index (χ2n) is 6.80. The van der Waals surface area contributed by atoms with Crippen LogP contribution in [0.4, 0.5) is 0 Å². The molecule has 118 valence electrons. The summed E-state index contributed by atoms with van der Waals surface area (Å²) in [5.74, 6) is 0. The summed E-state index contributed by atoms with van der Waals surface area (Å²) < 4.78 is 6.63. The van der Waals surface area contributed by atoms with Gasteiger partial charge in [-0.3, -0.25) is 0 Å². The van der Waals surface area contributed by atoms with Crippen molar-refractivity contribution >= 4 is 0 Å². The summed E-state index contributed by atoms with van der Waals surface area (Å²) in [5.41, 5.74) is 1.29. The van der Waals surface area contributed by atoms with E-state index in [1.165, 1.54) is 44.1 Å². The van der Waals surface area contributed by atoms with Gasteiger partial charge in [0.15, 0.2) is 0 Å². The van der Waals surface area contributed by atoms with Crippen LogP contribution in [0, 0.1) is 0 Å². The molecule has 1 saturated carbocycles. The van der Waals surface area contributed by atoms with Crippen molar-refractivity contribution in [1.82, 2.24) is 5.32 Å². The molecule has 1 fully saturated rings. The fourth-order valence-electron chi connectivity index (χ4n) is 3.27. The van der Waals surface area contributed by atoms with E-state index in [0.717, 1.165) is 6.54 Å². The van der Waals surface area contributed by atoms with E-state index in [1.54, 1.807) is 0 Å². The number of hydrogen-bond acceptors (Lipinski definition) is 2. The molecule has 2 nitrogen and oxygen atoms in total. The Hall–Kier alpha value is -0.860. The zero-order valence-corrected chi connectivity index (χ0v) is 13.9. The van der Waals surface area contributed by atoms with Crippen molar-refractivity contribution < 1.29 is 4.74 Å². The van der Waals surface area contributed by atoms with Crippen LogP contribution >= 0.6 is 0 Å². The number of hydrogen-bond donors (Lipinski definition) is 1. The van der Waals surface area contributed by atoms with Crippen molar-refractivity contribution in [3.63, 3.8) is 0 Å². The van der Waals surface area contributed by atoms with Crippen LogP contribution in [-0.2, 0) is 4.74 Å². The van der Waals surface area contributed by atoms with Crippen molar-refractivity contribution in [2.45, 2.75) is 77.0 Å². The molecular weight excluding hydrogens is 258 g/mol. The lowest BCUT2D eigenvalue weighted by Crippen LogP contribution is -2.45. The molecule has 1 aliphatic carbocycles. The highest BCUT2D eigenvalue weighted by molar-refractivity contribution is 5.17. The van der Waals surface area contributed by atoms with Crippen LogP contribution in [-0.4, -0.2) is 18.2 Å². The highest BCUT2D eigenvalue weighted by Crippen LogP contribution is 2.34. The molecule has 21 heavy (non-hydrogen) atoms. The minimum Gasteiger partial charge on any atom is -0.366 e. The maximum absolute atomic E-state index is 6.63. The molecule has 0 radical (unpaired) electrons. The van der Waals surface area contributed by atoms with Crippen LogP contribution < -0.4 is 5.32 Å². The molecule has 1 aromatic rings. The van der Waals surface area contributed by atoms with E-state index in [-0.39, 0.29) is 11.7 Å². The Morgan fingerprint density at radius 3 is 2.19 bits per heavy atom. The summed E-state index contributed by atoms with van der Waals surface area (Å²) in [6, 6.07) is 11.1. The lowest BCUT2D eigenvalue weighted by atomic mass is 9.93. The first kappa shape index (κ1) is 16.5. The van der Waals surface area contributed by atoms with Gasteiger partial charge in [0, 0.05) is 12.6 Å². The van der Waals surface area contributed by atoms with Gasteiger partial charge in [0.1, 0.15) is 0 Å². The molecule has 0 saturated heterocycles. The monoisotopic (exact) mass is 289 g/mol. The second kappa shape index (κ2) is 7.95. The van der Waals surface area contributed by atoms with E-state index in [2.05, 4.69) is 56.4 Å². The van der Waals surface area contributed by atoms with Crippen LogP contribution in [0.15, 0.2) is 30.3 Å². The normalized spacial score (nSPS) is 20.2. The molecule has 1 aromatic carbocycles. The molecule has 0 spiro atoms. The molecule has 2 rings (SSSR count). The van der Waals surface area contributed by atoms with Gasteiger partial charge in [-0.05, 0) is 25.3 Å². The number of rotatable bonds is 6. The molecule has 2 heteroatoms. The maximum atomic E-state index is 6.63. The summed E-state index contributed by atoms with van der Waals surface area (Å²) in [7, 11) is 0. The predicted octanol–water partition coefficient (Wildman–Crippen LogP) is 4.86. The Kier molecular flexibility index (Phi) is 6.25. The van der Waals surface area contributed by atoms with E-state index < -0.39 is 0 Å². The molecule has 0 amide bonds. The molecular formula is C19H31NO. The van der Waals surface area contributed by atoms with Crippen LogP contribution in [0.1, 0.15) is 71.0 Å². The third kappa shape index (κ3) is 5.12. The Balaban J connectivity index is 2.07. The van der Waals surface area contributed by atoms with E-state index >= 15 is 0 Å². The van der Waals surface area contributed by atoms with Gasteiger partial charge >= 0.3 is 0 Å². The minimum atomic E-state index is 0.00995. The molecule has 0 heterocycles. The van der Waals surface area contributed by atoms with E-state index in [9.17, 15) is 0 Å². The van der Waals surface area contributed by atoms with Crippen LogP contribution in [0.2, 0.25) is 0 Å². The minimum absolute atomic E-state index is 0.00995. The van der Waals surface area contributed by atoms with E-state index in [4.69, 9.17) is 4.74 Å². The quantitative estimate of drug-likeness (QED) is 0.755. The summed E-state index contributed by atoms with van der Waals surface area (Å²) in [5, 5.41) is 3.62. The maximum Gasteiger partial charge on any atom is 0.0814 e. The zero-order valence-electron chi connectivity index (χ0n) is 13.9. The predicted molar refractivity (Wildman–Crippen MR) is 89.5 cm³/mol.